The lowest BCUT2D eigenvalue weighted by Gasteiger charge is -2.34. The number of nitro groups is 1. The molecule has 9 heteroatoms. The summed E-state index contributed by atoms with van der Waals surface area (Å²) in [5.74, 6) is 1.13. The maximum Gasteiger partial charge on any atom is 0.293 e. The van der Waals surface area contributed by atoms with Gasteiger partial charge in [0.05, 0.1) is 22.1 Å². The van der Waals surface area contributed by atoms with Gasteiger partial charge >= 0.3 is 0 Å². The lowest BCUT2D eigenvalue weighted by atomic mass is 9.94. The maximum absolute atomic E-state index is 13.0. The van der Waals surface area contributed by atoms with Crippen molar-refractivity contribution in [3.05, 3.63) is 52.5 Å². The second kappa shape index (κ2) is 7.92. The summed E-state index contributed by atoms with van der Waals surface area (Å²) in [5, 5.41) is 14.6. The van der Waals surface area contributed by atoms with Gasteiger partial charge in [-0.2, -0.15) is 4.31 Å². The number of sulfonamides is 1. The molecule has 0 spiro atoms. The third-order valence-electron chi connectivity index (χ3n) is 4.98. The van der Waals surface area contributed by atoms with Gasteiger partial charge in [0.2, 0.25) is 10.0 Å². The summed E-state index contributed by atoms with van der Waals surface area (Å²) >= 11 is 0. The molecule has 0 radical (unpaired) electrons. The van der Waals surface area contributed by atoms with E-state index in [0.29, 0.717) is 18.8 Å². The number of furan rings is 1. The normalized spacial score (nSPS) is 22.0. The van der Waals surface area contributed by atoms with Gasteiger partial charge in [0.1, 0.15) is 11.4 Å². The fraction of sp³-hybridized carbons (Fsp3) is 0.474. The molecule has 2 aromatic rings. The molecule has 0 bridgehead atoms. The van der Waals surface area contributed by atoms with Gasteiger partial charge in [-0.25, -0.2) is 8.42 Å². The van der Waals surface area contributed by atoms with Crippen LogP contribution in [0.2, 0.25) is 0 Å². The summed E-state index contributed by atoms with van der Waals surface area (Å²) < 4.78 is 32.8. The number of benzene rings is 1. The first-order valence-corrected chi connectivity index (χ1v) is 10.7. The van der Waals surface area contributed by atoms with E-state index in [2.05, 4.69) is 5.32 Å². The molecule has 1 aliphatic rings. The number of hydrogen-bond donors (Lipinski definition) is 1. The Balaban J connectivity index is 1.91. The smallest absolute Gasteiger partial charge is 0.293 e. The van der Waals surface area contributed by atoms with Gasteiger partial charge in [-0.05, 0) is 49.4 Å². The SMILES string of the molecule is C[C@H]1C[C@H](C)CN(S(=O)(=O)c2ccc(N[C@@H](C)c3ccco3)c([N+](=O)[O-])c2)C1. The number of hydrogen-bond acceptors (Lipinski definition) is 6. The summed E-state index contributed by atoms with van der Waals surface area (Å²) in [4.78, 5) is 11.0. The van der Waals surface area contributed by atoms with Crippen molar-refractivity contribution in [2.75, 3.05) is 18.4 Å². The average Bonchev–Trinajstić information content (AvgIpc) is 3.15. The molecule has 2 heterocycles. The molecule has 0 amide bonds. The molecule has 1 saturated heterocycles. The molecule has 3 atom stereocenters. The molecule has 0 aliphatic carbocycles. The highest BCUT2D eigenvalue weighted by Gasteiger charge is 2.33. The van der Waals surface area contributed by atoms with Crippen molar-refractivity contribution < 1.29 is 17.8 Å². The van der Waals surface area contributed by atoms with Crippen LogP contribution in [0, 0.1) is 22.0 Å². The van der Waals surface area contributed by atoms with Crippen LogP contribution < -0.4 is 5.32 Å². The number of rotatable bonds is 6. The van der Waals surface area contributed by atoms with Gasteiger partial charge in [0.25, 0.3) is 5.69 Å². The Labute approximate surface area is 164 Å². The zero-order chi connectivity index (χ0) is 20.5. The molecule has 3 rings (SSSR count). The van der Waals surface area contributed by atoms with E-state index in [0.717, 1.165) is 12.5 Å². The minimum atomic E-state index is -3.79. The Morgan fingerprint density at radius 2 is 1.93 bits per heavy atom. The first kappa shape index (κ1) is 20.3. The summed E-state index contributed by atoms with van der Waals surface area (Å²) in [6, 6.07) is 7.19. The topological polar surface area (TPSA) is 106 Å². The van der Waals surface area contributed by atoms with Gasteiger partial charge in [0.15, 0.2) is 0 Å². The van der Waals surface area contributed by atoms with E-state index in [1.165, 1.54) is 22.7 Å². The maximum atomic E-state index is 13.0. The minimum absolute atomic E-state index is 0.0586. The zero-order valence-electron chi connectivity index (χ0n) is 16.2. The van der Waals surface area contributed by atoms with Gasteiger partial charge in [-0.3, -0.25) is 10.1 Å². The van der Waals surface area contributed by atoms with Crippen molar-refractivity contribution in [3.8, 4) is 0 Å². The van der Waals surface area contributed by atoms with Crippen molar-refractivity contribution in [1.82, 2.24) is 4.31 Å². The zero-order valence-corrected chi connectivity index (χ0v) is 17.0. The molecule has 28 heavy (non-hydrogen) atoms. The van der Waals surface area contributed by atoms with Crippen LogP contribution in [-0.2, 0) is 10.0 Å². The Morgan fingerprint density at radius 1 is 1.25 bits per heavy atom. The summed E-state index contributed by atoms with van der Waals surface area (Å²) in [7, 11) is -3.79. The lowest BCUT2D eigenvalue weighted by Crippen LogP contribution is -2.42. The summed E-state index contributed by atoms with van der Waals surface area (Å²) in [6.45, 7) is 6.70. The second-order valence-electron chi connectivity index (χ2n) is 7.59. The average molecular weight is 407 g/mol. The van der Waals surface area contributed by atoms with E-state index in [1.54, 1.807) is 12.1 Å². The number of nitrogens with zero attached hydrogens (tertiary/aromatic N) is 2. The highest BCUT2D eigenvalue weighted by atomic mass is 32.2. The predicted molar refractivity (Wildman–Crippen MR) is 106 cm³/mol. The Morgan fingerprint density at radius 3 is 2.50 bits per heavy atom. The van der Waals surface area contributed by atoms with Gasteiger partial charge in [-0.1, -0.05) is 13.8 Å². The molecule has 1 aromatic carbocycles. The van der Waals surface area contributed by atoms with Crippen LogP contribution in [0.15, 0.2) is 45.9 Å². The van der Waals surface area contributed by atoms with Crippen LogP contribution in [0.4, 0.5) is 11.4 Å². The van der Waals surface area contributed by atoms with E-state index in [-0.39, 0.29) is 34.1 Å². The van der Waals surface area contributed by atoms with Crippen molar-refractivity contribution in [1.29, 1.82) is 0 Å². The molecule has 8 nitrogen and oxygen atoms in total. The van der Waals surface area contributed by atoms with E-state index in [1.807, 2.05) is 20.8 Å². The van der Waals surface area contributed by atoms with Crippen LogP contribution >= 0.6 is 0 Å². The molecule has 1 N–H and O–H groups in total. The van der Waals surface area contributed by atoms with Gasteiger partial charge in [0, 0.05) is 19.2 Å². The van der Waals surface area contributed by atoms with Crippen molar-refractivity contribution in [2.45, 2.75) is 38.1 Å². The Kier molecular flexibility index (Phi) is 5.76. The second-order valence-corrected chi connectivity index (χ2v) is 9.52. The van der Waals surface area contributed by atoms with Crippen molar-refractivity contribution in [2.24, 2.45) is 11.8 Å². The summed E-state index contributed by atoms with van der Waals surface area (Å²) in [6.07, 6.45) is 2.50. The van der Waals surface area contributed by atoms with Crippen LogP contribution in [0.5, 0.6) is 0 Å². The fourth-order valence-electron chi connectivity index (χ4n) is 3.74. The van der Waals surface area contributed by atoms with Crippen LogP contribution in [0.1, 0.15) is 39.0 Å². The number of anilines is 1. The molecule has 1 aliphatic heterocycles. The van der Waals surface area contributed by atoms with Crippen LogP contribution in [0.25, 0.3) is 0 Å². The monoisotopic (exact) mass is 407 g/mol. The molecule has 1 fully saturated rings. The number of piperidine rings is 1. The first-order valence-electron chi connectivity index (χ1n) is 9.27. The molecular formula is C19H25N3O5S. The van der Waals surface area contributed by atoms with Crippen molar-refractivity contribution in [3.63, 3.8) is 0 Å². The van der Waals surface area contributed by atoms with E-state index in [9.17, 15) is 18.5 Å². The Bertz CT molecular complexity index is 932. The molecule has 0 saturated carbocycles. The quantitative estimate of drug-likeness (QED) is 0.572. The molecule has 1 aromatic heterocycles. The number of nitrogens with one attached hydrogen (secondary N) is 1. The van der Waals surface area contributed by atoms with E-state index >= 15 is 0 Å². The van der Waals surface area contributed by atoms with Gasteiger partial charge in [-0.15, -0.1) is 0 Å². The summed E-state index contributed by atoms with van der Waals surface area (Å²) in [5.41, 5.74) is -0.0363. The fourth-order valence-corrected chi connectivity index (χ4v) is 5.44. The largest absolute Gasteiger partial charge is 0.467 e. The molecular weight excluding hydrogens is 382 g/mol. The third kappa shape index (κ3) is 4.20. The standard InChI is InChI=1S/C19H25N3O5S/c1-13-9-14(2)12-21(11-13)28(25,26)16-6-7-17(18(10-16)22(23)24)20-15(3)19-5-4-8-27-19/h4-8,10,13-15,20H,9,11-12H2,1-3H3/t13-,14-,15-/m0/s1. The van der Waals surface area contributed by atoms with E-state index in [4.69, 9.17) is 4.42 Å². The van der Waals surface area contributed by atoms with Crippen molar-refractivity contribution >= 4 is 21.4 Å². The first-order chi connectivity index (χ1) is 13.2. The van der Waals surface area contributed by atoms with Crippen LogP contribution in [0.3, 0.4) is 0 Å². The third-order valence-corrected chi connectivity index (χ3v) is 6.81. The number of nitro benzene ring substituents is 1. The Hall–Kier alpha value is -2.39. The minimum Gasteiger partial charge on any atom is -0.467 e. The van der Waals surface area contributed by atoms with Gasteiger partial charge < -0.3 is 9.73 Å². The highest BCUT2D eigenvalue weighted by molar-refractivity contribution is 7.89. The molecule has 152 valence electrons. The molecule has 0 unspecified atom stereocenters. The predicted octanol–water partition coefficient (Wildman–Crippen LogP) is 4.03. The highest BCUT2D eigenvalue weighted by Crippen LogP contribution is 2.33. The van der Waals surface area contributed by atoms with Crippen LogP contribution in [-0.4, -0.2) is 30.7 Å². The lowest BCUT2D eigenvalue weighted by molar-refractivity contribution is -0.384. The van der Waals surface area contributed by atoms with E-state index < -0.39 is 14.9 Å².